The summed E-state index contributed by atoms with van der Waals surface area (Å²) in [4.78, 5) is 12.2. The summed E-state index contributed by atoms with van der Waals surface area (Å²) in [6.07, 6.45) is 1.63. The predicted octanol–water partition coefficient (Wildman–Crippen LogP) is 4.90. The Morgan fingerprint density at radius 2 is 2.00 bits per heavy atom. The number of hydrogen-bond donors (Lipinski definition) is 1. The second kappa shape index (κ2) is 9.11. The Labute approximate surface area is 173 Å². The number of anilines is 1. The van der Waals surface area contributed by atoms with Gasteiger partial charge in [0.15, 0.2) is 11.0 Å². The molecule has 0 saturated heterocycles. The van der Waals surface area contributed by atoms with Crippen molar-refractivity contribution in [3.05, 3.63) is 71.2 Å². The summed E-state index contributed by atoms with van der Waals surface area (Å²) in [5.74, 6) is -1.02. The van der Waals surface area contributed by atoms with E-state index in [1.54, 1.807) is 34.9 Å². The minimum absolute atomic E-state index is 0.0119. The quantitative estimate of drug-likeness (QED) is 0.398. The van der Waals surface area contributed by atoms with Gasteiger partial charge in [-0.25, -0.2) is 8.78 Å². The van der Waals surface area contributed by atoms with Crippen molar-refractivity contribution in [1.82, 2.24) is 14.8 Å². The lowest BCUT2D eigenvalue weighted by atomic mass is 10.2. The summed E-state index contributed by atoms with van der Waals surface area (Å²) in [7, 11) is 0. The smallest absolute Gasteiger partial charge is 0.234 e. The minimum atomic E-state index is -0.538. The number of carbonyl (C=O) groups is 1. The molecule has 5 nitrogen and oxygen atoms in total. The van der Waals surface area contributed by atoms with Crippen LogP contribution in [-0.4, -0.2) is 26.4 Å². The van der Waals surface area contributed by atoms with Gasteiger partial charge in [0.2, 0.25) is 5.91 Å². The van der Waals surface area contributed by atoms with E-state index >= 15 is 0 Å². The zero-order chi connectivity index (χ0) is 20.1. The molecule has 0 aliphatic heterocycles. The normalized spacial score (nSPS) is 10.7. The van der Waals surface area contributed by atoms with Crippen LogP contribution >= 0.6 is 27.7 Å². The molecule has 0 unspecified atom stereocenters. The molecular weight excluding hydrogens is 450 g/mol. The maximum absolute atomic E-state index is 14.1. The van der Waals surface area contributed by atoms with E-state index in [4.69, 9.17) is 0 Å². The first-order valence-corrected chi connectivity index (χ1v) is 9.94. The van der Waals surface area contributed by atoms with Crippen molar-refractivity contribution < 1.29 is 13.6 Å². The molecule has 1 heterocycles. The number of rotatable bonds is 7. The Kier molecular flexibility index (Phi) is 6.58. The summed E-state index contributed by atoms with van der Waals surface area (Å²) in [5.41, 5.74) is 0.401. The lowest BCUT2D eigenvalue weighted by Gasteiger charge is -2.09. The third kappa shape index (κ3) is 4.66. The molecule has 1 amide bonds. The van der Waals surface area contributed by atoms with Gasteiger partial charge in [0, 0.05) is 11.0 Å². The second-order valence-corrected chi connectivity index (χ2v) is 7.50. The van der Waals surface area contributed by atoms with Crippen LogP contribution in [0.2, 0.25) is 0 Å². The van der Waals surface area contributed by atoms with Gasteiger partial charge < -0.3 is 5.32 Å². The standard InChI is InChI=1S/C19H15BrF2N4OS/c1-2-9-26-18(13-5-3-4-6-14(13)21)24-25-19(26)28-11-17(27)23-16-8-7-12(20)10-15(16)22/h2-8,10H,1,9,11H2,(H,23,27). The molecule has 0 fully saturated rings. The molecule has 0 bridgehead atoms. The van der Waals surface area contributed by atoms with Crippen LogP contribution in [0, 0.1) is 11.6 Å². The molecule has 0 radical (unpaired) electrons. The van der Waals surface area contributed by atoms with Crippen molar-refractivity contribution in [2.24, 2.45) is 0 Å². The third-order valence-corrected chi connectivity index (χ3v) is 5.14. The van der Waals surface area contributed by atoms with Gasteiger partial charge in [-0.2, -0.15) is 0 Å². The largest absolute Gasteiger partial charge is 0.323 e. The number of carbonyl (C=O) groups excluding carboxylic acids is 1. The molecule has 1 N–H and O–H groups in total. The van der Waals surface area contributed by atoms with Crippen LogP contribution < -0.4 is 5.32 Å². The van der Waals surface area contributed by atoms with E-state index in [9.17, 15) is 13.6 Å². The number of nitrogens with one attached hydrogen (secondary N) is 1. The Morgan fingerprint density at radius 1 is 1.21 bits per heavy atom. The molecule has 0 saturated carbocycles. The SMILES string of the molecule is C=CCn1c(SCC(=O)Nc2ccc(Br)cc2F)nnc1-c1ccccc1F. The first kappa shape index (κ1) is 20.2. The highest BCUT2D eigenvalue weighted by Crippen LogP contribution is 2.26. The van der Waals surface area contributed by atoms with E-state index in [2.05, 4.69) is 38.0 Å². The van der Waals surface area contributed by atoms with Gasteiger partial charge in [-0.1, -0.05) is 45.9 Å². The molecule has 0 spiro atoms. The van der Waals surface area contributed by atoms with Crippen molar-refractivity contribution in [2.75, 3.05) is 11.1 Å². The van der Waals surface area contributed by atoms with Crippen LogP contribution in [0.5, 0.6) is 0 Å². The van der Waals surface area contributed by atoms with E-state index in [-0.39, 0.29) is 11.4 Å². The number of hydrogen-bond acceptors (Lipinski definition) is 4. The van der Waals surface area contributed by atoms with Crippen molar-refractivity contribution in [1.29, 1.82) is 0 Å². The van der Waals surface area contributed by atoms with Crippen molar-refractivity contribution in [2.45, 2.75) is 11.7 Å². The molecule has 144 valence electrons. The molecule has 28 heavy (non-hydrogen) atoms. The van der Waals surface area contributed by atoms with Gasteiger partial charge in [0.1, 0.15) is 11.6 Å². The maximum Gasteiger partial charge on any atom is 0.234 e. The molecular formula is C19H15BrF2N4OS. The third-order valence-electron chi connectivity index (χ3n) is 3.68. The van der Waals surface area contributed by atoms with Crippen LogP contribution in [-0.2, 0) is 11.3 Å². The van der Waals surface area contributed by atoms with Gasteiger partial charge in [-0.3, -0.25) is 9.36 Å². The molecule has 0 aliphatic rings. The van der Waals surface area contributed by atoms with Gasteiger partial charge in [0.05, 0.1) is 17.0 Å². The Hall–Kier alpha value is -2.52. The summed E-state index contributed by atoms with van der Waals surface area (Å²) >= 11 is 4.28. The summed E-state index contributed by atoms with van der Waals surface area (Å²) in [6.45, 7) is 4.05. The topological polar surface area (TPSA) is 59.8 Å². The minimum Gasteiger partial charge on any atom is -0.323 e. The van der Waals surface area contributed by atoms with Crippen molar-refractivity contribution in [3.8, 4) is 11.4 Å². The molecule has 0 aliphatic carbocycles. The fourth-order valence-electron chi connectivity index (χ4n) is 2.44. The highest BCUT2D eigenvalue weighted by atomic mass is 79.9. The molecule has 3 rings (SSSR count). The molecule has 9 heteroatoms. The summed E-state index contributed by atoms with van der Waals surface area (Å²) < 4.78 is 30.2. The average molecular weight is 465 g/mol. The van der Waals surface area contributed by atoms with E-state index in [0.717, 1.165) is 11.8 Å². The number of allylic oxidation sites excluding steroid dienone is 1. The highest BCUT2D eigenvalue weighted by Gasteiger charge is 2.17. The first-order chi connectivity index (χ1) is 13.5. The fourth-order valence-corrected chi connectivity index (χ4v) is 3.52. The van der Waals surface area contributed by atoms with Crippen LogP contribution in [0.3, 0.4) is 0 Å². The number of halogens is 3. The zero-order valence-electron chi connectivity index (χ0n) is 14.5. The van der Waals surface area contributed by atoms with Crippen LogP contribution in [0.1, 0.15) is 0 Å². The monoisotopic (exact) mass is 464 g/mol. The lowest BCUT2D eigenvalue weighted by Crippen LogP contribution is -2.15. The van der Waals surface area contributed by atoms with Crippen LogP contribution in [0.4, 0.5) is 14.5 Å². The Morgan fingerprint density at radius 3 is 2.71 bits per heavy atom. The van der Waals surface area contributed by atoms with Crippen LogP contribution in [0.15, 0.2) is 64.7 Å². The number of nitrogens with zero attached hydrogens (tertiary/aromatic N) is 3. The van der Waals surface area contributed by atoms with E-state index in [1.165, 1.54) is 18.2 Å². The predicted molar refractivity (Wildman–Crippen MR) is 109 cm³/mol. The Balaban J connectivity index is 1.74. The summed E-state index contributed by atoms with van der Waals surface area (Å²) in [6, 6.07) is 10.6. The van der Waals surface area contributed by atoms with Crippen molar-refractivity contribution >= 4 is 39.3 Å². The summed E-state index contributed by atoms with van der Waals surface area (Å²) in [5, 5.41) is 11.1. The highest BCUT2D eigenvalue weighted by molar-refractivity contribution is 9.10. The average Bonchev–Trinajstić information content (AvgIpc) is 3.06. The number of amides is 1. The van der Waals surface area contributed by atoms with E-state index < -0.39 is 17.5 Å². The van der Waals surface area contributed by atoms with Crippen LogP contribution in [0.25, 0.3) is 11.4 Å². The van der Waals surface area contributed by atoms with Gasteiger partial charge in [-0.15, -0.1) is 16.8 Å². The fraction of sp³-hybridized carbons (Fsp3) is 0.105. The zero-order valence-corrected chi connectivity index (χ0v) is 16.9. The Bertz CT molecular complexity index is 1020. The first-order valence-electron chi connectivity index (χ1n) is 8.16. The number of thioether (sulfide) groups is 1. The van der Waals surface area contributed by atoms with Crippen molar-refractivity contribution in [3.63, 3.8) is 0 Å². The molecule has 0 atom stereocenters. The van der Waals surface area contributed by atoms with Gasteiger partial charge >= 0.3 is 0 Å². The molecule has 2 aromatic carbocycles. The van der Waals surface area contributed by atoms with E-state index in [0.29, 0.717) is 27.6 Å². The second-order valence-electron chi connectivity index (χ2n) is 5.65. The molecule has 3 aromatic rings. The maximum atomic E-state index is 14.1. The van der Waals surface area contributed by atoms with Gasteiger partial charge in [0.25, 0.3) is 0 Å². The van der Waals surface area contributed by atoms with Gasteiger partial charge in [-0.05, 0) is 30.3 Å². The van der Waals surface area contributed by atoms with E-state index in [1.807, 2.05) is 0 Å². The number of benzene rings is 2. The number of aromatic nitrogens is 3. The molecule has 1 aromatic heterocycles. The lowest BCUT2D eigenvalue weighted by molar-refractivity contribution is -0.113.